The lowest BCUT2D eigenvalue weighted by atomic mass is 9.81. The molecule has 1 saturated carbocycles. The zero-order valence-electron chi connectivity index (χ0n) is 23.8. The first kappa shape index (κ1) is 30.2. The van der Waals surface area contributed by atoms with Crippen molar-refractivity contribution in [1.82, 2.24) is 20.1 Å². The highest BCUT2D eigenvalue weighted by Crippen LogP contribution is 2.49. The van der Waals surface area contributed by atoms with Crippen LogP contribution in [0.1, 0.15) is 47.4 Å². The van der Waals surface area contributed by atoms with Crippen molar-refractivity contribution in [1.29, 1.82) is 0 Å². The molecule has 2 aromatic carbocycles. The summed E-state index contributed by atoms with van der Waals surface area (Å²) in [5.41, 5.74) is -2.80. The van der Waals surface area contributed by atoms with Crippen LogP contribution < -0.4 is 20.5 Å². The maximum absolute atomic E-state index is 16.2. The second-order valence-electron chi connectivity index (χ2n) is 11.3. The second-order valence-corrected chi connectivity index (χ2v) is 11.3. The number of rotatable bonds is 8. The van der Waals surface area contributed by atoms with E-state index in [2.05, 4.69) is 10.1 Å². The molecule has 0 bridgehead atoms. The van der Waals surface area contributed by atoms with E-state index in [1.165, 1.54) is 26.2 Å². The number of hydrogen-bond donors (Lipinski definition) is 3. The Balaban J connectivity index is 1.43. The Morgan fingerprint density at radius 3 is 2.49 bits per heavy atom. The van der Waals surface area contributed by atoms with Crippen LogP contribution in [0.4, 0.5) is 22.0 Å². The third-order valence-corrected chi connectivity index (χ3v) is 8.17. The molecule has 4 N–H and O–H groups in total. The first-order valence-corrected chi connectivity index (χ1v) is 13.7. The molecule has 2 aromatic heterocycles. The van der Waals surface area contributed by atoms with Crippen LogP contribution in [-0.4, -0.2) is 58.1 Å². The Labute approximate surface area is 251 Å². The number of nitrogens with zero attached hydrogens (tertiary/aromatic N) is 3. The number of ether oxygens (including phenoxy) is 2. The number of nitrogens with one attached hydrogen (secondary N) is 1. The Bertz CT molecular complexity index is 1860. The molecule has 1 fully saturated rings. The average Bonchev–Trinajstić information content (AvgIpc) is 3.65. The van der Waals surface area contributed by atoms with E-state index < -0.39 is 70.7 Å². The predicted octanol–water partition coefficient (Wildman–Crippen LogP) is 4.04. The van der Waals surface area contributed by atoms with Crippen LogP contribution in [0, 0.1) is 11.6 Å². The molecule has 1 aliphatic carbocycles. The van der Waals surface area contributed by atoms with Gasteiger partial charge in [0.25, 0.3) is 5.91 Å². The quantitative estimate of drug-likeness (QED) is 0.249. The van der Waals surface area contributed by atoms with Gasteiger partial charge in [0.05, 0.1) is 25.3 Å². The normalized spacial score (nSPS) is 19.1. The molecule has 1 unspecified atom stereocenters. The van der Waals surface area contributed by atoms with E-state index >= 15 is 4.39 Å². The highest BCUT2D eigenvalue weighted by molar-refractivity contribution is 6.00. The van der Waals surface area contributed by atoms with Gasteiger partial charge in [-0.25, -0.2) is 13.8 Å². The van der Waals surface area contributed by atoms with Gasteiger partial charge in [-0.15, -0.1) is 0 Å². The number of carbonyl (C=O) groups excluding carboxylic acids is 2. The molecule has 2 aliphatic rings. The molecule has 15 heteroatoms. The van der Waals surface area contributed by atoms with E-state index in [-0.39, 0.29) is 28.7 Å². The van der Waals surface area contributed by atoms with Crippen molar-refractivity contribution in [2.24, 2.45) is 5.73 Å². The lowest BCUT2D eigenvalue weighted by Crippen LogP contribution is -2.52. The topological polar surface area (TPSA) is 142 Å². The SMILES string of the molecule is COc1cc(C(=O)NCC(O)(c2nc(-c3ccc(F)cc3)c3c(c2F)[C@@](C)(C(N)=O)CO3)C(F)(F)F)cc2cn(C3CC3)nc12. The third kappa shape index (κ3) is 4.90. The van der Waals surface area contributed by atoms with Crippen LogP contribution in [0.3, 0.4) is 0 Å². The van der Waals surface area contributed by atoms with Gasteiger partial charge in [0.1, 0.15) is 40.5 Å². The molecule has 1 aliphatic heterocycles. The highest BCUT2D eigenvalue weighted by Gasteiger charge is 2.60. The number of fused-ring (bicyclic) bond motifs is 2. The van der Waals surface area contributed by atoms with Gasteiger partial charge in [-0.3, -0.25) is 14.3 Å². The summed E-state index contributed by atoms with van der Waals surface area (Å²) in [5.74, 6) is -4.71. The molecule has 4 aromatic rings. The standard InChI is InChI=1S/C30H26F5N5O5/c1-28(27(36)42)13-45-24-20(28)21(32)25(38-23(24)14-3-5-17(31)6-4-14)29(43,30(33,34)35)12-37-26(41)15-9-16-11-40(18-7-8-18)39-22(16)19(10-15)44-2/h3-6,9-11,18,43H,7-8,12-13H2,1-2H3,(H2,36,42)(H,37,41)/t28-,29?/m0/s1. The summed E-state index contributed by atoms with van der Waals surface area (Å²) in [5, 5.41) is 18.2. The van der Waals surface area contributed by atoms with Crippen LogP contribution in [0.25, 0.3) is 22.2 Å². The number of carbonyl (C=O) groups is 2. The number of alkyl halides is 3. The molecule has 0 spiro atoms. The molecular formula is C30H26F5N5O5. The molecule has 45 heavy (non-hydrogen) atoms. The van der Waals surface area contributed by atoms with Gasteiger partial charge in [0.15, 0.2) is 11.6 Å². The van der Waals surface area contributed by atoms with Gasteiger partial charge < -0.3 is 25.6 Å². The summed E-state index contributed by atoms with van der Waals surface area (Å²) in [7, 11) is 1.35. The van der Waals surface area contributed by atoms with E-state index in [0.29, 0.717) is 10.9 Å². The number of methoxy groups -OCH3 is 1. The van der Waals surface area contributed by atoms with E-state index in [9.17, 15) is 32.3 Å². The van der Waals surface area contributed by atoms with Crippen LogP contribution in [0.5, 0.6) is 11.5 Å². The molecule has 6 rings (SSSR count). The summed E-state index contributed by atoms with van der Waals surface area (Å²) in [6.45, 7) is -0.931. The van der Waals surface area contributed by atoms with Gasteiger partial charge in [-0.05, 0) is 56.2 Å². The van der Waals surface area contributed by atoms with Crippen molar-refractivity contribution in [3.8, 4) is 22.8 Å². The van der Waals surface area contributed by atoms with Crippen LogP contribution in [0.15, 0.2) is 42.6 Å². The first-order valence-electron chi connectivity index (χ1n) is 13.7. The summed E-state index contributed by atoms with van der Waals surface area (Å²) in [6.07, 6.45) is -2.05. The van der Waals surface area contributed by atoms with Crippen molar-refractivity contribution >= 4 is 22.7 Å². The molecule has 2 amide bonds. The van der Waals surface area contributed by atoms with Gasteiger partial charge in [0, 0.05) is 22.7 Å². The zero-order chi connectivity index (χ0) is 32.5. The second kappa shape index (κ2) is 10.4. The number of benzene rings is 2. The fourth-order valence-electron chi connectivity index (χ4n) is 5.30. The van der Waals surface area contributed by atoms with Gasteiger partial charge in [-0.1, -0.05) is 0 Å². The van der Waals surface area contributed by atoms with E-state index in [4.69, 9.17) is 15.2 Å². The number of aromatic nitrogens is 3. The fraction of sp³-hybridized carbons (Fsp3) is 0.333. The summed E-state index contributed by atoms with van der Waals surface area (Å²) >= 11 is 0. The maximum Gasteiger partial charge on any atom is 0.424 e. The van der Waals surface area contributed by atoms with Crippen LogP contribution in [-0.2, 0) is 15.8 Å². The number of halogens is 5. The van der Waals surface area contributed by atoms with E-state index in [1.54, 1.807) is 10.9 Å². The number of hydrogen-bond acceptors (Lipinski definition) is 7. The summed E-state index contributed by atoms with van der Waals surface area (Å²) in [6, 6.07) is 7.19. The molecule has 236 valence electrons. The van der Waals surface area contributed by atoms with Crippen molar-refractivity contribution < 1.29 is 46.1 Å². The minimum atomic E-state index is -5.60. The van der Waals surface area contributed by atoms with Crippen LogP contribution in [0.2, 0.25) is 0 Å². The Morgan fingerprint density at radius 1 is 1.20 bits per heavy atom. The zero-order valence-corrected chi connectivity index (χ0v) is 23.8. The van der Waals surface area contributed by atoms with Gasteiger partial charge >= 0.3 is 6.18 Å². The molecule has 2 atom stereocenters. The minimum absolute atomic E-state index is 0.00308. The Kier molecular flexibility index (Phi) is 6.99. The molecule has 10 nitrogen and oxygen atoms in total. The maximum atomic E-state index is 16.2. The Hall–Kier alpha value is -4.79. The average molecular weight is 632 g/mol. The predicted molar refractivity (Wildman–Crippen MR) is 148 cm³/mol. The lowest BCUT2D eigenvalue weighted by molar-refractivity contribution is -0.266. The summed E-state index contributed by atoms with van der Waals surface area (Å²) in [4.78, 5) is 29.4. The lowest BCUT2D eigenvalue weighted by Gasteiger charge is -2.32. The molecule has 0 radical (unpaired) electrons. The third-order valence-electron chi connectivity index (χ3n) is 8.17. The van der Waals surface area contributed by atoms with Crippen molar-refractivity contribution in [2.75, 3.05) is 20.3 Å². The Morgan fingerprint density at radius 2 is 1.89 bits per heavy atom. The van der Waals surface area contributed by atoms with Crippen molar-refractivity contribution in [3.63, 3.8) is 0 Å². The highest BCUT2D eigenvalue weighted by atomic mass is 19.4. The number of primary amides is 1. The summed E-state index contributed by atoms with van der Waals surface area (Å²) < 4.78 is 86.6. The largest absolute Gasteiger partial charge is 0.494 e. The molecule has 3 heterocycles. The molecular weight excluding hydrogens is 605 g/mol. The number of nitrogens with two attached hydrogens (primary N) is 1. The number of aliphatic hydroxyl groups is 1. The van der Waals surface area contributed by atoms with Crippen LogP contribution >= 0.6 is 0 Å². The monoisotopic (exact) mass is 631 g/mol. The van der Waals surface area contributed by atoms with E-state index in [0.717, 1.165) is 37.1 Å². The first-order chi connectivity index (χ1) is 21.2. The number of amides is 2. The van der Waals surface area contributed by atoms with Crippen molar-refractivity contribution in [3.05, 3.63) is 71.1 Å². The van der Waals surface area contributed by atoms with Gasteiger partial charge in [-0.2, -0.15) is 18.3 Å². The number of pyridine rings is 1. The van der Waals surface area contributed by atoms with E-state index in [1.807, 2.05) is 5.32 Å². The van der Waals surface area contributed by atoms with Gasteiger partial charge in [0.2, 0.25) is 11.5 Å². The van der Waals surface area contributed by atoms with Crippen molar-refractivity contribution in [2.45, 2.75) is 43.0 Å². The minimum Gasteiger partial charge on any atom is -0.494 e. The smallest absolute Gasteiger partial charge is 0.424 e. The molecule has 0 saturated heterocycles. The fourth-order valence-corrected chi connectivity index (χ4v) is 5.30.